The van der Waals surface area contributed by atoms with Crippen LogP contribution in [0.25, 0.3) is 0 Å². The van der Waals surface area contributed by atoms with Crippen LogP contribution in [0.5, 0.6) is 0 Å². The van der Waals surface area contributed by atoms with E-state index in [1.807, 2.05) is 0 Å². The van der Waals surface area contributed by atoms with E-state index in [-0.39, 0.29) is 5.50 Å². The number of morpholine rings is 1. The molecule has 2 nitrogen and oxygen atoms in total. The van der Waals surface area contributed by atoms with E-state index in [2.05, 4.69) is 5.32 Å². The van der Waals surface area contributed by atoms with Crippen LogP contribution in [0.3, 0.4) is 0 Å². The quantitative estimate of drug-likeness (QED) is 0.365. The van der Waals surface area contributed by atoms with Gasteiger partial charge in [-0.25, -0.2) is 0 Å². The van der Waals surface area contributed by atoms with Crippen molar-refractivity contribution in [2.75, 3.05) is 19.8 Å². The van der Waals surface area contributed by atoms with Gasteiger partial charge in [0.2, 0.25) is 0 Å². The molecule has 0 saturated carbocycles. The first-order valence-corrected chi connectivity index (χ1v) is 2.78. The van der Waals surface area contributed by atoms with Gasteiger partial charge < -0.3 is 4.74 Å². The Bertz CT molecular complexity index is 53.7. The molecule has 1 aliphatic heterocycles. The van der Waals surface area contributed by atoms with Gasteiger partial charge in [-0.1, -0.05) is 0 Å². The first-order valence-electron chi connectivity index (χ1n) is 2.35. The zero-order valence-corrected chi connectivity index (χ0v) is 4.74. The van der Waals surface area contributed by atoms with E-state index in [1.165, 1.54) is 0 Å². The molecule has 0 spiro atoms. The zero-order chi connectivity index (χ0) is 5.11. The normalized spacial score (nSPS) is 33.0. The second-order valence-corrected chi connectivity index (χ2v) is 2.02. The SMILES string of the molecule is Cl[C@@H]1COCCN1. The van der Waals surface area contributed by atoms with Crippen molar-refractivity contribution < 1.29 is 4.74 Å². The Morgan fingerprint density at radius 1 is 1.71 bits per heavy atom. The highest BCUT2D eigenvalue weighted by atomic mass is 35.5. The number of halogens is 1. The van der Waals surface area contributed by atoms with E-state index in [0.717, 1.165) is 13.2 Å². The maximum Gasteiger partial charge on any atom is 0.106 e. The predicted octanol–water partition coefficient (Wildman–Crippen LogP) is 0.171. The second kappa shape index (κ2) is 2.50. The highest BCUT2D eigenvalue weighted by Crippen LogP contribution is 1.95. The lowest BCUT2D eigenvalue weighted by molar-refractivity contribution is 0.0985. The van der Waals surface area contributed by atoms with Gasteiger partial charge in [-0.15, -0.1) is 11.6 Å². The lowest BCUT2D eigenvalue weighted by Crippen LogP contribution is -2.37. The lowest BCUT2D eigenvalue weighted by Gasteiger charge is -2.17. The first-order chi connectivity index (χ1) is 3.39. The van der Waals surface area contributed by atoms with Gasteiger partial charge in [0.05, 0.1) is 13.2 Å². The van der Waals surface area contributed by atoms with Crippen LogP contribution >= 0.6 is 11.6 Å². The fourth-order valence-electron chi connectivity index (χ4n) is 0.533. The number of alkyl halides is 1. The number of nitrogens with one attached hydrogen (secondary N) is 1. The maximum absolute atomic E-state index is 5.58. The molecular formula is C4H8ClNO. The van der Waals surface area contributed by atoms with Crippen LogP contribution in [-0.2, 0) is 4.74 Å². The van der Waals surface area contributed by atoms with Gasteiger partial charge in [-0.2, -0.15) is 0 Å². The predicted molar refractivity (Wildman–Crippen MR) is 28.5 cm³/mol. The van der Waals surface area contributed by atoms with Crippen LogP contribution < -0.4 is 5.32 Å². The molecule has 7 heavy (non-hydrogen) atoms. The molecule has 0 unspecified atom stereocenters. The summed E-state index contributed by atoms with van der Waals surface area (Å²) in [5.74, 6) is 0. The van der Waals surface area contributed by atoms with Crippen LogP contribution in [0.1, 0.15) is 0 Å². The lowest BCUT2D eigenvalue weighted by atomic mass is 10.5. The molecule has 1 atom stereocenters. The maximum atomic E-state index is 5.58. The van der Waals surface area contributed by atoms with E-state index >= 15 is 0 Å². The fraction of sp³-hybridized carbons (Fsp3) is 1.00. The summed E-state index contributed by atoms with van der Waals surface area (Å²) >= 11 is 5.58. The van der Waals surface area contributed by atoms with E-state index in [1.54, 1.807) is 0 Å². The summed E-state index contributed by atoms with van der Waals surface area (Å²) in [4.78, 5) is 0. The third-order valence-corrected chi connectivity index (χ3v) is 1.16. The first kappa shape index (κ1) is 5.35. The van der Waals surface area contributed by atoms with Gasteiger partial charge >= 0.3 is 0 Å². The van der Waals surface area contributed by atoms with E-state index in [0.29, 0.717) is 6.61 Å². The summed E-state index contributed by atoms with van der Waals surface area (Å²) in [6.45, 7) is 2.32. The van der Waals surface area contributed by atoms with Crippen molar-refractivity contribution >= 4 is 11.6 Å². The monoisotopic (exact) mass is 121 g/mol. The Kier molecular flexibility index (Phi) is 1.91. The third-order valence-electron chi connectivity index (χ3n) is 0.876. The molecule has 1 heterocycles. The number of rotatable bonds is 0. The molecule has 3 heteroatoms. The van der Waals surface area contributed by atoms with Gasteiger partial charge in [-0.05, 0) is 0 Å². The zero-order valence-electron chi connectivity index (χ0n) is 3.98. The van der Waals surface area contributed by atoms with Gasteiger partial charge in [0.25, 0.3) is 0 Å². The molecule has 0 aromatic rings. The molecule has 1 saturated heterocycles. The minimum Gasteiger partial charge on any atom is -0.377 e. The molecule has 0 aromatic heterocycles. The highest BCUT2D eigenvalue weighted by molar-refractivity contribution is 6.20. The topological polar surface area (TPSA) is 21.3 Å². The molecule has 42 valence electrons. The van der Waals surface area contributed by atoms with Crippen LogP contribution in [-0.4, -0.2) is 25.3 Å². The summed E-state index contributed by atoms with van der Waals surface area (Å²) in [5, 5.41) is 3.02. The van der Waals surface area contributed by atoms with Crippen molar-refractivity contribution in [3.63, 3.8) is 0 Å². The van der Waals surface area contributed by atoms with Gasteiger partial charge in [-0.3, -0.25) is 5.32 Å². The molecule has 0 aliphatic carbocycles. The van der Waals surface area contributed by atoms with Crippen molar-refractivity contribution in [2.45, 2.75) is 5.50 Å². The standard InChI is InChI=1S/C4H8ClNO/c5-4-3-7-2-1-6-4/h4,6H,1-3H2/t4-/m0/s1. The molecule has 0 bridgehead atoms. The van der Waals surface area contributed by atoms with Crippen LogP contribution in [0.2, 0.25) is 0 Å². The summed E-state index contributed by atoms with van der Waals surface area (Å²) in [6.07, 6.45) is 0. The van der Waals surface area contributed by atoms with E-state index in [9.17, 15) is 0 Å². The summed E-state index contributed by atoms with van der Waals surface area (Å²) in [5.41, 5.74) is 0.0359. The van der Waals surface area contributed by atoms with Crippen molar-refractivity contribution in [3.05, 3.63) is 0 Å². The Hall–Kier alpha value is 0.210. The average Bonchev–Trinajstić information content (AvgIpc) is 1.69. The fourth-order valence-corrected chi connectivity index (χ4v) is 0.732. The largest absolute Gasteiger partial charge is 0.377 e. The molecular weight excluding hydrogens is 114 g/mol. The Balaban J connectivity index is 2.12. The van der Waals surface area contributed by atoms with Crippen molar-refractivity contribution in [1.82, 2.24) is 5.32 Å². The Morgan fingerprint density at radius 3 is 2.86 bits per heavy atom. The van der Waals surface area contributed by atoms with Gasteiger partial charge in [0.15, 0.2) is 0 Å². The third kappa shape index (κ3) is 1.63. The summed E-state index contributed by atoms with van der Waals surface area (Å²) < 4.78 is 4.99. The molecule has 1 N–H and O–H groups in total. The summed E-state index contributed by atoms with van der Waals surface area (Å²) in [6, 6.07) is 0. The highest BCUT2D eigenvalue weighted by Gasteiger charge is 2.06. The van der Waals surface area contributed by atoms with E-state index < -0.39 is 0 Å². The van der Waals surface area contributed by atoms with Crippen molar-refractivity contribution in [3.8, 4) is 0 Å². The number of hydrogen-bond donors (Lipinski definition) is 1. The molecule has 0 amide bonds. The second-order valence-electron chi connectivity index (χ2n) is 1.50. The minimum atomic E-state index is 0.0359. The molecule has 1 fully saturated rings. The van der Waals surface area contributed by atoms with Crippen molar-refractivity contribution in [2.24, 2.45) is 0 Å². The van der Waals surface area contributed by atoms with Gasteiger partial charge in [0, 0.05) is 6.54 Å². The summed E-state index contributed by atoms with van der Waals surface area (Å²) in [7, 11) is 0. The molecule has 0 aromatic carbocycles. The van der Waals surface area contributed by atoms with Crippen LogP contribution in [0, 0.1) is 0 Å². The van der Waals surface area contributed by atoms with Crippen LogP contribution in [0.15, 0.2) is 0 Å². The smallest absolute Gasteiger partial charge is 0.106 e. The molecule has 1 aliphatic rings. The van der Waals surface area contributed by atoms with Gasteiger partial charge in [0.1, 0.15) is 5.50 Å². The molecule has 1 rings (SSSR count). The van der Waals surface area contributed by atoms with Crippen molar-refractivity contribution in [1.29, 1.82) is 0 Å². The number of hydrogen-bond acceptors (Lipinski definition) is 2. The number of ether oxygens (including phenoxy) is 1. The average molecular weight is 122 g/mol. The Morgan fingerprint density at radius 2 is 2.57 bits per heavy atom. The Labute approximate surface area is 47.8 Å². The van der Waals surface area contributed by atoms with Crippen LogP contribution in [0.4, 0.5) is 0 Å². The minimum absolute atomic E-state index is 0.0359. The molecule has 0 radical (unpaired) electrons. The van der Waals surface area contributed by atoms with E-state index in [4.69, 9.17) is 16.3 Å².